The molecule has 1 saturated heterocycles. The van der Waals surface area contributed by atoms with Gasteiger partial charge in [-0.05, 0) is 43.9 Å². The predicted octanol–water partition coefficient (Wildman–Crippen LogP) is 2.44. The van der Waals surface area contributed by atoms with Gasteiger partial charge in [0.15, 0.2) is 0 Å². The minimum Gasteiger partial charge on any atom is -0.330 e. The quantitative estimate of drug-likeness (QED) is 0.678. The molecule has 0 radical (unpaired) electrons. The highest BCUT2D eigenvalue weighted by atomic mass is 19.4. The van der Waals surface area contributed by atoms with Crippen LogP contribution in [0.5, 0.6) is 0 Å². The average molecular weight is 315 g/mol. The lowest BCUT2D eigenvalue weighted by atomic mass is 9.96. The first-order valence-electron chi connectivity index (χ1n) is 7.74. The maximum atomic E-state index is 13.4. The summed E-state index contributed by atoms with van der Waals surface area (Å²) in [6.07, 6.45) is -1.74. The summed E-state index contributed by atoms with van der Waals surface area (Å²) >= 11 is 0. The van der Waals surface area contributed by atoms with Crippen LogP contribution >= 0.6 is 0 Å². The summed E-state index contributed by atoms with van der Waals surface area (Å²) in [4.78, 5) is 0. The number of hydrogen-bond acceptors (Lipinski definition) is 3. The first-order chi connectivity index (χ1) is 10.4. The van der Waals surface area contributed by atoms with Gasteiger partial charge in [0.2, 0.25) is 0 Å². The maximum absolute atomic E-state index is 13.4. The molecule has 0 amide bonds. The minimum atomic E-state index is -4.29. The van der Waals surface area contributed by atoms with Crippen molar-refractivity contribution < 1.29 is 13.2 Å². The molecular weight excluding hydrogens is 291 g/mol. The Kier molecular flexibility index (Phi) is 5.83. The second-order valence-electron chi connectivity index (χ2n) is 5.99. The van der Waals surface area contributed by atoms with Gasteiger partial charge >= 0.3 is 6.18 Å². The SMILES string of the molecule is Cc1cc(CCCCN)cc(C(NC2CNC2)C(F)(F)F)c1. The number of halogens is 3. The Morgan fingerprint density at radius 2 is 2.00 bits per heavy atom. The molecule has 1 aromatic carbocycles. The number of benzene rings is 1. The Morgan fingerprint density at radius 1 is 1.27 bits per heavy atom. The van der Waals surface area contributed by atoms with Gasteiger partial charge in [0.1, 0.15) is 6.04 Å². The minimum absolute atomic E-state index is 0.118. The van der Waals surface area contributed by atoms with Crippen LogP contribution in [0.3, 0.4) is 0 Å². The molecule has 1 fully saturated rings. The monoisotopic (exact) mass is 315 g/mol. The first-order valence-corrected chi connectivity index (χ1v) is 7.74. The van der Waals surface area contributed by atoms with E-state index < -0.39 is 12.2 Å². The molecule has 1 aliphatic heterocycles. The van der Waals surface area contributed by atoms with Crippen LogP contribution in [-0.2, 0) is 6.42 Å². The molecular formula is C16H24F3N3. The zero-order valence-electron chi connectivity index (χ0n) is 12.8. The Morgan fingerprint density at radius 3 is 2.55 bits per heavy atom. The smallest absolute Gasteiger partial charge is 0.330 e. The van der Waals surface area contributed by atoms with Crippen molar-refractivity contribution in [3.05, 3.63) is 34.9 Å². The van der Waals surface area contributed by atoms with Crippen LogP contribution in [0.25, 0.3) is 0 Å². The fraction of sp³-hybridized carbons (Fsp3) is 0.625. The molecule has 4 N–H and O–H groups in total. The number of rotatable bonds is 7. The summed E-state index contributed by atoms with van der Waals surface area (Å²) in [5.74, 6) is 0. The van der Waals surface area contributed by atoms with Gasteiger partial charge in [-0.2, -0.15) is 13.2 Å². The lowest BCUT2D eigenvalue weighted by molar-refractivity contribution is -0.160. The second kappa shape index (κ2) is 7.44. The van der Waals surface area contributed by atoms with E-state index in [0.29, 0.717) is 25.2 Å². The van der Waals surface area contributed by atoms with Crippen molar-refractivity contribution >= 4 is 0 Å². The number of unbranched alkanes of at least 4 members (excludes halogenated alkanes) is 1. The molecule has 1 atom stereocenters. The van der Waals surface area contributed by atoms with Crippen molar-refractivity contribution in [2.45, 2.75) is 44.4 Å². The van der Waals surface area contributed by atoms with Crippen molar-refractivity contribution in [1.29, 1.82) is 0 Å². The molecule has 0 bridgehead atoms. The zero-order chi connectivity index (χ0) is 16.2. The molecule has 0 aromatic heterocycles. The van der Waals surface area contributed by atoms with E-state index >= 15 is 0 Å². The van der Waals surface area contributed by atoms with Crippen molar-refractivity contribution in [1.82, 2.24) is 10.6 Å². The van der Waals surface area contributed by atoms with Gasteiger partial charge in [-0.25, -0.2) is 0 Å². The average Bonchev–Trinajstić information content (AvgIpc) is 2.35. The topological polar surface area (TPSA) is 50.1 Å². The van der Waals surface area contributed by atoms with E-state index in [2.05, 4.69) is 10.6 Å². The van der Waals surface area contributed by atoms with Gasteiger partial charge in [-0.3, -0.25) is 5.32 Å². The Balaban J connectivity index is 2.18. The summed E-state index contributed by atoms with van der Waals surface area (Å²) in [6, 6.07) is 3.54. The van der Waals surface area contributed by atoms with E-state index in [1.807, 2.05) is 13.0 Å². The standard InChI is InChI=1S/C16H24F3N3/c1-11-6-12(4-2-3-5-20)8-13(7-11)15(16(17,18)19)22-14-9-21-10-14/h6-8,14-15,21-22H,2-5,9-10,20H2,1H3. The Hall–Kier alpha value is -1.11. The molecule has 22 heavy (non-hydrogen) atoms. The molecule has 1 heterocycles. The van der Waals surface area contributed by atoms with Gasteiger partial charge < -0.3 is 11.1 Å². The fourth-order valence-corrected chi connectivity index (χ4v) is 2.70. The fourth-order valence-electron chi connectivity index (χ4n) is 2.70. The van der Waals surface area contributed by atoms with Gasteiger partial charge in [-0.1, -0.05) is 23.8 Å². The predicted molar refractivity (Wildman–Crippen MR) is 81.8 cm³/mol. The number of nitrogens with two attached hydrogens (primary N) is 1. The van der Waals surface area contributed by atoms with Crippen LogP contribution in [0.1, 0.15) is 35.6 Å². The summed E-state index contributed by atoms with van der Waals surface area (Å²) in [6.45, 7) is 3.62. The van der Waals surface area contributed by atoms with E-state index in [1.165, 1.54) is 0 Å². The molecule has 6 heteroatoms. The van der Waals surface area contributed by atoms with Crippen LogP contribution in [-0.4, -0.2) is 31.9 Å². The summed E-state index contributed by atoms with van der Waals surface area (Å²) in [5, 5.41) is 5.71. The highest BCUT2D eigenvalue weighted by Gasteiger charge is 2.42. The molecule has 0 saturated carbocycles. The lowest BCUT2D eigenvalue weighted by Crippen LogP contribution is -2.57. The van der Waals surface area contributed by atoms with Crippen LogP contribution < -0.4 is 16.4 Å². The normalized spacial score (nSPS) is 17.3. The van der Waals surface area contributed by atoms with Gasteiger partial charge in [0.05, 0.1) is 0 Å². The van der Waals surface area contributed by atoms with Crippen molar-refractivity contribution in [3.8, 4) is 0 Å². The van der Waals surface area contributed by atoms with E-state index in [1.54, 1.807) is 12.1 Å². The van der Waals surface area contributed by atoms with E-state index in [9.17, 15) is 13.2 Å². The van der Waals surface area contributed by atoms with Gasteiger partial charge in [-0.15, -0.1) is 0 Å². The zero-order valence-corrected chi connectivity index (χ0v) is 12.8. The third-order valence-corrected chi connectivity index (χ3v) is 3.92. The van der Waals surface area contributed by atoms with Crippen LogP contribution in [0, 0.1) is 6.92 Å². The molecule has 3 nitrogen and oxygen atoms in total. The Labute approximate surface area is 129 Å². The summed E-state index contributed by atoms with van der Waals surface area (Å²) in [5.41, 5.74) is 7.59. The number of hydrogen-bond donors (Lipinski definition) is 3. The highest BCUT2D eigenvalue weighted by molar-refractivity contribution is 5.32. The number of aryl methyl sites for hydroxylation is 2. The van der Waals surface area contributed by atoms with Crippen molar-refractivity contribution in [2.75, 3.05) is 19.6 Å². The lowest BCUT2D eigenvalue weighted by Gasteiger charge is -2.33. The highest BCUT2D eigenvalue weighted by Crippen LogP contribution is 2.34. The molecule has 1 aromatic rings. The summed E-state index contributed by atoms with van der Waals surface area (Å²) in [7, 11) is 0. The third-order valence-electron chi connectivity index (χ3n) is 3.92. The van der Waals surface area contributed by atoms with E-state index in [4.69, 9.17) is 5.73 Å². The third kappa shape index (κ3) is 4.69. The molecule has 0 aliphatic carbocycles. The molecule has 1 unspecified atom stereocenters. The second-order valence-corrected chi connectivity index (χ2v) is 5.99. The number of alkyl halides is 3. The van der Waals surface area contributed by atoms with E-state index in [-0.39, 0.29) is 6.04 Å². The van der Waals surface area contributed by atoms with Gasteiger partial charge in [0.25, 0.3) is 0 Å². The maximum Gasteiger partial charge on any atom is 0.407 e. The molecule has 2 rings (SSSR count). The van der Waals surface area contributed by atoms with Gasteiger partial charge in [0, 0.05) is 19.1 Å². The van der Waals surface area contributed by atoms with Crippen molar-refractivity contribution in [2.24, 2.45) is 5.73 Å². The largest absolute Gasteiger partial charge is 0.407 e. The Bertz CT molecular complexity index is 484. The first kappa shape index (κ1) is 17.2. The van der Waals surface area contributed by atoms with E-state index in [0.717, 1.165) is 30.4 Å². The van der Waals surface area contributed by atoms with Crippen LogP contribution in [0.2, 0.25) is 0 Å². The van der Waals surface area contributed by atoms with Crippen LogP contribution in [0.4, 0.5) is 13.2 Å². The summed E-state index contributed by atoms with van der Waals surface area (Å²) < 4.78 is 40.2. The molecule has 1 aliphatic rings. The molecule has 0 spiro atoms. The van der Waals surface area contributed by atoms with Crippen LogP contribution in [0.15, 0.2) is 18.2 Å². The molecule has 124 valence electrons. The van der Waals surface area contributed by atoms with Crippen molar-refractivity contribution in [3.63, 3.8) is 0 Å². The number of nitrogens with one attached hydrogen (secondary N) is 2.